The Balaban J connectivity index is 1.52. The van der Waals surface area contributed by atoms with Gasteiger partial charge in [-0.25, -0.2) is 4.39 Å². The number of esters is 1. The highest BCUT2D eigenvalue weighted by molar-refractivity contribution is 7.21. The molecule has 5 rings (SSSR count). The Hall–Kier alpha value is -4.18. The van der Waals surface area contributed by atoms with Crippen LogP contribution in [0.4, 0.5) is 4.39 Å². The quantitative estimate of drug-likeness (QED) is 0.109. The number of thiophene rings is 1. The van der Waals surface area contributed by atoms with Gasteiger partial charge in [0, 0.05) is 33.6 Å². The topological polar surface area (TPSA) is 109 Å². The molecular formula is C25H17FN2O6S. The predicted octanol–water partition coefficient (Wildman–Crippen LogP) is 5.23. The first-order valence-electron chi connectivity index (χ1n) is 10.6. The number of halogens is 1. The lowest BCUT2D eigenvalue weighted by atomic mass is 9.98. The zero-order valence-corrected chi connectivity index (χ0v) is 18.9. The van der Waals surface area contributed by atoms with E-state index in [9.17, 15) is 24.1 Å². The number of carbonyl (C=O) groups excluding carboxylic acids is 2. The van der Waals surface area contributed by atoms with Crippen LogP contribution in [0.25, 0.3) is 21.2 Å². The van der Waals surface area contributed by atoms with Crippen molar-refractivity contribution in [2.24, 2.45) is 5.41 Å². The van der Waals surface area contributed by atoms with E-state index in [1.54, 1.807) is 42.5 Å². The van der Waals surface area contributed by atoms with Gasteiger partial charge in [-0.2, -0.15) is 0 Å². The fourth-order valence-corrected chi connectivity index (χ4v) is 5.00. The second-order valence-corrected chi connectivity index (χ2v) is 9.26. The third-order valence-corrected chi connectivity index (χ3v) is 7.04. The van der Waals surface area contributed by atoms with Crippen molar-refractivity contribution in [3.8, 4) is 16.9 Å². The summed E-state index contributed by atoms with van der Waals surface area (Å²) in [5.41, 5.74) is 0.776. The van der Waals surface area contributed by atoms with E-state index in [2.05, 4.69) is 9.82 Å². The van der Waals surface area contributed by atoms with Crippen molar-refractivity contribution in [2.45, 2.75) is 12.8 Å². The average Bonchev–Trinajstić information content (AvgIpc) is 3.57. The Bertz CT molecular complexity index is 1450. The summed E-state index contributed by atoms with van der Waals surface area (Å²) in [7, 11) is 0. The zero-order chi connectivity index (χ0) is 24.6. The number of carbonyl (C=O) groups is 2. The Kier molecular flexibility index (Phi) is 5.73. The smallest absolute Gasteiger partial charge is 0.319 e. The highest BCUT2D eigenvalue weighted by Crippen LogP contribution is 2.47. The molecule has 176 valence electrons. The first kappa shape index (κ1) is 22.6. The van der Waals surface area contributed by atoms with Crippen molar-refractivity contribution in [3.63, 3.8) is 0 Å². The van der Waals surface area contributed by atoms with Gasteiger partial charge >= 0.3 is 5.97 Å². The Labute approximate surface area is 202 Å². The summed E-state index contributed by atoms with van der Waals surface area (Å²) in [5.74, 6) is -0.938. The van der Waals surface area contributed by atoms with Crippen LogP contribution >= 0.6 is 11.3 Å². The van der Waals surface area contributed by atoms with Crippen LogP contribution in [-0.4, -0.2) is 28.4 Å². The normalized spacial score (nSPS) is 13.9. The molecule has 0 N–H and O–H groups in total. The number of nitrogens with zero attached hydrogens (tertiary/aromatic N) is 2. The van der Waals surface area contributed by atoms with Gasteiger partial charge in [-0.05, 0) is 60.9 Å². The van der Waals surface area contributed by atoms with E-state index < -0.39 is 16.5 Å². The molecule has 1 fully saturated rings. The van der Waals surface area contributed by atoms with Gasteiger partial charge in [-0.15, -0.1) is 21.5 Å². The Morgan fingerprint density at radius 3 is 2.46 bits per heavy atom. The molecule has 1 saturated carbocycles. The minimum absolute atomic E-state index is 0.208. The number of ether oxygens (including phenoxy) is 1. The van der Waals surface area contributed by atoms with E-state index in [1.807, 2.05) is 0 Å². The molecule has 2 aromatic carbocycles. The first-order valence-corrected chi connectivity index (χ1v) is 11.4. The van der Waals surface area contributed by atoms with Gasteiger partial charge in [0.25, 0.3) is 5.09 Å². The van der Waals surface area contributed by atoms with Crippen LogP contribution in [0.3, 0.4) is 0 Å². The van der Waals surface area contributed by atoms with Crippen molar-refractivity contribution in [2.75, 3.05) is 6.61 Å². The van der Waals surface area contributed by atoms with Gasteiger partial charge in [0.05, 0.1) is 10.3 Å². The third kappa shape index (κ3) is 4.47. The molecule has 0 aliphatic heterocycles. The molecule has 0 radical (unpaired) electrons. The number of benzene rings is 2. The standard InChI is InChI=1S/C25H17FN2O6S/c26-17-3-1-15(2-4-17)21-19-6-5-18(34-24(30)25(9-10-25)14-33-28(31)32)13-20(19)35-23(21)22(29)16-7-11-27-12-8-16/h1-8,11-13H,9-10,14H2. The van der Waals surface area contributed by atoms with Crippen LogP contribution in [0.5, 0.6) is 5.75 Å². The summed E-state index contributed by atoms with van der Waals surface area (Å²) >= 11 is 1.24. The molecule has 1 aliphatic rings. The highest BCUT2D eigenvalue weighted by atomic mass is 32.1. The SMILES string of the molecule is O=C(c1ccncc1)c1sc2cc(OC(=O)C3(CO[N+](=O)[O-])CC3)ccc2c1-c1ccc(F)cc1. The lowest BCUT2D eigenvalue weighted by Gasteiger charge is -2.13. The van der Waals surface area contributed by atoms with Gasteiger partial charge in [-0.3, -0.25) is 14.6 Å². The molecule has 8 nitrogen and oxygen atoms in total. The molecule has 0 atom stereocenters. The Morgan fingerprint density at radius 1 is 1.09 bits per heavy atom. The van der Waals surface area contributed by atoms with E-state index >= 15 is 0 Å². The van der Waals surface area contributed by atoms with Gasteiger partial charge in [-0.1, -0.05) is 12.1 Å². The molecular weight excluding hydrogens is 475 g/mol. The lowest BCUT2D eigenvalue weighted by molar-refractivity contribution is -0.759. The molecule has 0 bridgehead atoms. The van der Waals surface area contributed by atoms with E-state index in [0.29, 0.717) is 39.1 Å². The zero-order valence-electron chi connectivity index (χ0n) is 18.1. The molecule has 0 saturated heterocycles. The molecule has 1 aliphatic carbocycles. The van der Waals surface area contributed by atoms with Crippen molar-refractivity contribution >= 4 is 33.2 Å². The van der Waals surface area contributed by atoms with Crippen LogP contribution in [0.15, 0.2) is 67.0 Å². The Morgan fingerprint density at radius 2 is 1.80 bits per heavy atom. The van der Waals surface area contributed by atoms with Crippen LogP contribution < -0.4 is 4.74 Å². The molecule has 0 unspecified atom stereocenters. The van der Waals surface area contributed by atoms with E-state index in [0.717, 1.165) is 5.39 Å². The summed E-state index contributed by atoms with van der Waals surface area (Å²) in [6.45, 7) is -0.348. The number of hydrogen-bond acceptors (Lipinski definition) is 8. The molecule has 35 heavy (non-hydrogen) atoms. The highest BCUT2D eigenvalue weighted by Gasteiger charge is 2.52. The third-order valence-electron chi connectivity index (χ3n) is 5.89. The van der Waals surface area contributed by atoms with E-state index in [1.165, 1.54) is 35.9 Å². The molecule has 0 amide bonds. The number of aromatic nitrogens is 1. The largest absolute Gasteiger partial charge is 0.426 e. The van der Waals surface area contributed by atoms with Crippen LogP contribution in [-0.2, 0) is 9.63 Å². The molecule has 2 heterocycles. The minimum atomic E-state index is -1.01. The van der Waals surface area contributed by atoms with Crippen molar-refractivity contribution in [3.05, 3.63) is 93.4 Å². The van der Waals surface area contributed by atoms with Gasteiger partial charge < -0.3 is 9.57 Å². The molecule has 0 spiro atoms. The molecule has 2 aromatic heterocycles. The van der Waals surface area contributed by atoms with Gasteiger partial charge in [0.1, 0.15) is 18.2 Å². The summed E-state index contributed by atoms with van der Waals surface area (Å²) in [4.78, 5) is 45.3. The second-order valence-electron chi connectivity index (χ2n) is 8.20. The second kappa shape index (κ2) is 8.88. The molecule has 10 heteroatoms. The van der Waals surface area contributed by atoms with Crippen molar-refractivity contribution in [1.29, 1.82) is 0 Å². The summed E-state index contributed by atoms with van der Waals surface area (Å²) in [5, 5.41) is 10.3. The van der Waals surface area contributed by atoms with Crippen LogP contribution in [0.1, 0.15) is 28.1 Å². The number of ketones is 1. The average molecular weight is 492 g/mol. The van der Waals surface area contributed by atoms with Crippen molar-refractivity contribution < 1.29 is 28.6 Å². The van der Waals surface area contributed by atoms with Gasteiger partial charge in [0.15, 0.2) is 0 Å². The minimum Gasteiger partial charge on any atom is -0.426 e. The van der Waals surface area contributed by atoms with Crippen molar-refractivity contribution in [1.82, 2.24) is 4.98 Å². The maximum atomic E-state index is 13.6. The predicted molar refractivity (Wildman–Crippen MR) is 125 cm³/mol. The van der Waals surface area contributed by atoms with E-state index in [-0.39, 0.29) is 24.0 Å². The number of fused-ring (bicyclic) bond motifs is 1. The molecule has 4 aromatic rings. The fraction of sp³-hybridized carbons (Fsp3) is 0.160. The number of hydrogen-bond donors (Lipinski definition) is 0. The monoisotopic (exact) mass is 492 g/mol. The summed E-state index contributed by atoms with van der Waals surface area (Å²) in [6, 6.07) is 14.1. The maximum absolute atomic E-state index is 13.6. The van der Waals surface area contributed by atoms with Crippen LogP contribution in [0, 0.1) is 21.3 Å². The lowest BCUT2D eigenvalue weighted by Crippen LogP contribution is -2.27. The maximum Gasteiger partial charge on any atom is 0.319 e. The van der Waals surface area contributed by atoms with Crippen LogP contribution in [0.2, 0.25) is 0 Å². The summed E-state index contributed by atoms with van der Waals surface area (Å²) < 4.78 is 19.8. The number of pyridine rings is 1. The van der Waals surface area contributed by atoms with E-state index in [4.69, 9.17) is 4.74 Å². The fourth-order valence-electron chi connectivity index (χ4n) is 3.79. The summed E-state index contributed by atoms with van der Waals surface area (Å²) in [6.07, 6.45) is 3.96. The van der Waals surface area contributed by atoms with Gasteiger partial charge in [0.2, 0.25) is 5.78 Å². The number of rotatable bonds is 8. The first-order chi connectivity index (χ1) is 16.9.